The number of amides is 2. The van der Waals surface area contributed by atoms with Crippen LogP contribution >= 0.6 is 11.3 Å². The fourth-order valence-electron chi connectivity index (χ4n) is 2.36. The molecule has 0 fully saturated rings. The summed E-state index contributed by atoms with van der Waals surface area (Å²) in [5, 5.41) is 6.29. The van der Waals surface area contributed by atoms with Crippen LogP contribution in [-0.2, 0) is 9.59 Å². The summed E-state index contributed by atoms with van der Waals surface area (Å²) in [5.41, 5.74) is 2.51. The Bertz CT molecular complexity index is 985. The summed E-state index contributed by atoms with van der Waals surface area (Å²) in [5.74, 6) is -0.638. The maximum absolute atomic E-state index is 12.9. The van der Waals surface area contributed by atoms with E-state index in [4.69, 9.17) is 4.74 Å². The summed E-state index contributed by atoms with van der Waals surface area (Å²) in [7, 11) is 0. The van der Waals surface area contributed by atoms with Crippen LogP contribution in [0, 0.1) is 12.7 Å². The number of carbonyl (C=O) groups is 2. The van der Waals surface area contributed by atoms with E-state index in [1.807, 2.05) is 31.2 Å². The number of rotatable bonds is 6. The van der Waals surface area contributed by atoms with E-state index in [-0.39, 0.29) is 18.3 Å². The Kier molecular flexibility index (Phi) is 6.00. The fraction of sp³-hybridized carbons (Fsp3) is 0.150. The molecule has 1 heterocycles. The summed E-state index contributed by atoms with van der Waals surface area (Å²) in [4.78, 5) is 28.1. The Morgan fingerprint density at radius 1 is 1.07 bits per heavy atom. The zero-order chi connectivity index (χ0) is 20.1. The third-order valence-corrected chi connectivity index (χ3v) is 4.56. The molecule has 2 aromatic carbocycles. The van der Waals surface area contributed by atoms with Crippen LogP contribution in [0.3, 0.4) is 0 Å². The number of hydrogen-bond donors (Lipinski definition) is 2. The van der Waals surface area contributed by atoms with Crippen molar-refractivity contribution in [3.05, 3.63) is 59.9 Å². The van der Waals surface area contributed by atoms with Crippen LogP contribution in [0.4, 0.5) is 14.5 Å². The third kappa shape index (κ3) is 5.14. The predicted molar refractivity (Wildman–Crippen MR) is 107 cm³/mol. The van der Waals surface area contributed by atoms with Crippen LogP contribution in [0.15, 0.2) is 48.5 Å². The number of ether oxygens (including phenoxy) is 1. The lowest BCUT2D eigenvalue weighted by molar-refractivity contribution is -0.118. The highest BCUT2D eigenvalue weighted by atomic mass is 32.1. The first-order valence-electron chi connectivity index (χ1n) is 8.44. The third-order valence-electron chi connectivity index (χ3n) is 3.67. The van der Waals surface area contributed by atoms with Gasteiger partial charge in [0.05, 0.1) is 0 Å². The summed E-state index contributed by atoms with van der Waals surface area (Å²) >= 11 is 1.16. The second-order valence-corrected chi connectivity index (χ2v) is 7.03. The number of thiazole rings is 1. The average Bonchev–Trinajstić information content (AvgIpc) is 3.03. The van der Waals surface area contributed by atoms with Gasteiger partial charge in [0.1, 0.15) is 22.3 Å². The van der Waals surface area contributed by atoms with E-state index in [0.29, 0.717) is 21.6 Å². The Labute approximate surface area is 165 Å². The lowest BCUT2D eigenvalue weighted by Gasteiger charge is -2.05. The normalized spacial score (nSPS) is 10.4. The number of halogens is 1. The maximum Gasteiger partial charge on any atom is 0.264 e. The molecule has 1 aromatic heterocycles. The predicted octanol–water partition coefficient (Wildman–Crippen LogP) is 4.23. The molecular weight excluding hydrogens is 381 g/mol. The SMILES string of the molecule is CC(=O)Nc1sc(NC(=O)COc2ccc(F)cc2)nc1-c1ccc(C)cc1. The first kappa shape index (κ1) is 19.5. The number of hydrogen-bond acceptors (Lipinski definition) is 5. The summed E-state index contributed by atoms with van der Waals surface area (Å²) in [6.07, 6.45) is 0. The van der Waals surface area contributed by atoms with Crippen LogP contribution in [-0.4, -0.2) is 23.4 Å². The molecule has 0 atom stereocenters. The second-order valence-electron chi connectivity index (χ2n) is 6.03. The van der Waals surface area contributed by atoms with Crippen LogP contribution in [0.5, 0.6) is 5.75 Å². The molecule has 0 saturated heterocycles. The van der Waals surface area contributed by atoms with Gasteiger partial charge in [0.2, 0.25) is 5.91 Å². The number of aryl methyl sites for hydroxylation is 1. The second kappa shape index (κ2) is 8.62. The van der Waals surface area contributed by atoms with Gasteiger partial charge in [-0.15, -0.1) is 0 Å². The van der Waals surface area contributed by atoms with Crippen LogP contribution in [0.2, 0.25) is 0 Å². The number of carbonyl (C=O) groups excluding carboxylic acids is 2. The minimum atomic E-state index is -0.414. The number of nitrogens with zero attached hydrogens (tertiary/aromatic N) is 1. The van der Waals surface area contributed by atoms with Crippen LogP contribution in [0.1, 0.15) is 12.5 Å². The molecule has 2 N–H and O–H groups in total. The smallest absolute Gasteiger partial charge is 0.264 e. The molecule has 0 saturated carbocycles. The molecule has 0 aliphatic carbocycles. The molecule has 0 spiro atoms. The Morgan fingerprint density at radius 2 is 1.75 bits per heavy atom. The molecule has 0 aliphatic heterocycles. The number of nitrogens with one attached hydrogen (secondary N) is 2. The monoisotopic (exact) mass is 399 g/mol. The summed E-state index contributed by atoms with van der Waals surface area (Å²) in [6, 6.07) is 13.1. The Balaban J connectivity index is 1.72. The van der Waals surface area contributed by atoms with Crippen molar-refractivity contribution in [2.24, 2.45) is 0 Å². The van der Waals surface area contributed by atoms with E-state index in [1.54, 1.807) is 0 Å². The minimum Gasteiger partial charge on any atom is -0.484 e. The van der Waals surface area contributed by atoms with Crippen molar-refractivity contribution in [1.82, 2.24) is 4.98 Å². The summed E-state index contributed by atoms with van der Waals surface area (Å²) < 4.78 is 18.2. The molecular formula is C20H18FN3O3S. The highest BCUT2D eigenvalue weighted by Crippen LogP contribution is 2.36. The minimum absolute atomic E-state index is 0.227. The van der Waals surface area contributed by atoms with Crippen LogP contribution in [0.25, 0.3) is 11.3 Å². The zero-order valence-electron chi connectivity index (χ0n) is 15.3. The number of benzene rings is 2. The quantitative estimate of drug-likeness (QED) is 0.650. The van der Waals surface area contributed by atoms with E-state index in [0.717, 1.165) is 22.5 Å². The van der Waals surface area contributed by atoms with E-state index >= 15 is 0 Å². The molecule has 6 nitrogen and oxygen atoms in total. The van der Waals surface area contributed by atoms with Gasteiger partial charge in [-0.05, 0) is 31.2 Å². The van der Waals surface area contributed by atoms with Crippen molar-refractivity contribution < 1.29 is 18.7 Å². The van der Waals surface area contributed by atoms with Crippen molar-refractivity contribution in [3.8, 4) is 17.0 Å². The standard InChI is InChI=1S/C20H18FN3O3S/c1-12-3-5-14(6-4-12)18-19(22-13(2)25)28-20(24-18)23-17(26)11-27-16-9-7-15(21)8-10-16/h3-10H,11H2,1-2H3,(H,22,25)(H,23,24,26). The molecule has 8 heteroatoms. The fourth-order valence-corrected chi connectivity index (χ4v) is 3.31. The number of anilines is 2. The van der Waals surface area contributed by atoms with E-state index in [2.05, 4.69) is 15.6 Å². The molecule has 28 heavy (non-hydrogen) atoms. The van der Waals surface area contributed by atoms with Crippen LogP contribution < -0.4 is 15.4 Å². The molecule has 3 rings (SSSR count). The van der Waals surface area contributed by atoms with Crippen molar-refractivity contribution >= 4 is 33.3 Å². The van der Waals surface area contributed by atoms with E-state index < -0.39 is 5.91 Å². The Hall–Kier alpha value is -3.26. The lowest BCUT2D eigenvalue weighted by Crippen LogP contribution is -2.20. The van der Waals surface area contributed by atoms with Gasteiger partial charge in [-0.25, -0.2) is 9.37 Å². The molecule has 0 aliphatic rings. The van der Waals surface area contributed by atoms with E-state index in [1.165, 1.54) is 31.2 Å². The van der Waals surface area contributed by atoms with Crippen molar-refractivity contribution in [2.45, 2.75) is 13.8 Å². The van der Waals surface area contributed by atoms with Gasteiger partial charge < -0.3 is 10.1 Å². The molecule has 0 unspecified atom stereocenters. The first-order valence-corrected chi connectivity index (χ1v) is 9.26. The van der Waals surface area contributed by atoms with Gasteiger partial charge in [-0.3, -0.25) is 14.9 Å². The van der Waals surface area contributed by atoms with Gasteiger partial charge in [0, 0.05) is 12.5 Å². The van der Waals surface area contributed by atoms with Gasteiger partial charge in [-0.2, -0.15) is 0 Å². The largest absolute Gasteiger partial charge is 0.484 e. The summed E-state index contributed by atoms with van der Waals surface area (Å²) in [6.45, 7) is 3.14. The first-order chi connectivity index (χ1) is 13.4. The van der Waals surface area contributed by atoms with E-state index in [9.17, 15) is 14.0 Å². The Morgan fingerprint density at radius 3 is 2.39 bits per heavy atom. The lowest BCUT2D eigenvalue weighted by atomic mass is 10.1. The molecule has 3 aromatic rings. The zero-order valence-corrected chi connectivity index (χ0v) is 16.1. The van der Waals surface area contributed by atoms with Gasteiger partial charge in [-0.1, -0.05) is 41.2 Å². The molecule has 144 valence electrons. The topological polar surface area (TPSA) is 80.3 Å². The van der Waals surface area contributed by atoms with Crippen molar-refractivity contribution in [1.29, 1.82) is 0 Å². The number of aromatic nitrogens is 1. The van der Waals surface area contributed by atoms with Gasteiger partial charge in [0.15, 0.2) is 11.7 Å². The maximum atomic E-state index is 12.9. The van der Waals surface area contributed by atoms with Gasteiger partial charge in [0.25, 0.3) is 5.91 Å². The molecule has 0 radical (unpaired) electrons. The highest BCUT2D eigenvalue weighted by Gasteiger charge is 2.16. The van der Waals surface area contributed by atoms with Crippen molar-refractivity contribution in [3.63, 3.8) is 0 Å². The molecule has 2 amide bonds. The highest BCUT2D eigenvalue weighted by molar-refractivity contribution is 7.20. The van der Waals surface area contributed by atoms with Gasteiger partial charge >= 0.3 is 0 Å². The average molecular weight is 399 g/mol. The molecule has 0 bridgehead atoms. The van der Waals surface area contributed by atoms with Crippen molar-refractivity contribution in [2.75, 3.05) is 17.2 Å².